The first-order valence-corrected chi connectivity index (χ1v) is 6.55. The highest BCUT2D eigenvalue weighted by Gasteiger charge is 2.26. The summed E-state index contributed by atoms with van der Waals surface area (Å²) in [4.78, 5) is 24.8. The zero-order valence-corrected chi connectivity index (χ0v) is 11.2. The van der Waals surface area contributed by atoms with E-state index in [1.807, 2.05) is 0 Å². The fourth-order valence-electron chi connectivity index (χ4n) is 2.13. The maximum Gasteiger partial charge on any atom is 0.321 e. The molecule has 102 valence electrons. The lowest BCUT2D eigenvalue weighted by Crippen LogP contribution is -2.45. The van der Waals surface area contributed by atoms with E-state index < -0.39 is 0 Å². The van der Waals surface area contributed by atoms with Crippen molar-refractivity contribution in [3.05, 3.63) is 29.3 Å². The van der Waals surface area contributed by atoms with E-state index in [-0.39, 0.29) is 17.9 Å². The predicted octanol–water partition coefficient (Wildman–Crippen LogP) is 2.07. The number of likely N-dealkylation sites (tertiary alicyclic amines) is 1. The van der Waals surface area contributed by atoms with Gasteiger partial charge in [0.05, 0.1) is 5.92 Å². The van der Waals surface area contributed by atoms with Crippen LogP contribution in [0.1, 0.15) is 12.8 Å². The number of nitrogens with zero attached hydrogens (tertiary/aromatic N) is 1. The zero-order chi connectivity index (χ0) is 13.8. The van der Waals surface area contributed by atoms with Gasteiger partial charge in [0.15, 0.2) is 0 Å². The van der Waals surface area contributed by atoms with Crippen molar-refractivity contribution in [3.63, 3.8) is 0 Å². The molecule has 1 aliphatic heterocycles. The van der Waals surface area contributed by atoms with Gasteiger partial charge in [-0.05, 0) is 37.1 Å². The molecule has 1 atom stereocenters. The van der Waals surface area contributed by atoms with E-state index in [9.17, 15) is 9.59 Å². The average Bonchev–Trinajstić information content (AvgIpc) is 2.41. The molecule has 0 radical (unpaired) electrons. The Hall–Kier alpha value is -1.75. The molecule has 1 aromatic rings. The average molecular weight is 282 g/mol. The van der Waals surface area contributed by atoms with Gasteiger partial charge in [0.25, 0.3) is 0 Å². The second-order valence-electron chi connectivity index (χ2n) is 4.62. The standard InChI is InChI=1S/C13H16ClN3O2/c14-10-3-5-11(6-4-10)16-13(19)17-7-1-2-9(8-17)12(15)18/h3-6,9H,1-2,7-8H2,(H2,15,18)(H,16,19)/t9-/m1/s1. The van der Waals surface area contributed by atoms with Crippen LogP contribution >= 0.6 is 11.6 Å². The molecule has 0 spiro atoms. The second kappa shape index (κ2) is 5.93. The maximum atomic E-state index is 12.1. The van der Waals surface area contributed by atoms with Gasteiger partial charge in [-0.1, -0.05) is 11.6 Å². The normalized spacial score (nSPS) is 19.0. The summed E-state index contributed by atoms with van der Waals surface area (Å²) >= 11 is 5.78. The first-order valence-electron chi connectivity index (χ1n) is 6.17. The number of halogens is 1. The van der Waals surface area contributed by atoms with E-state index in [1.54, 1.807) is 29.2 Å². The minimum atomic E-state index is -0.344. The molecule has 3 N–H and O–H groups in total. The number of benzene rings is 1. The number of nitrogens with two attached hydrogens (primary N) is 1. The highest BCUT2D eigenvalue weighted by Crippen LogP contribution is 2.18. The summed E-state index contributed by atoms with van der Waals surface area (Å²) in [6, 6.07) is 6.67. The van der Waals surface area contributed by atoms with Gasteiger partial charge in [0.2, 0.25) is 5.91 Å². The fraction of sp³-hybridized carbons (Fsp3) is 0.385. The molecule has 5 nitrogen and oxygen atoms in total. The summed E-state index contributed by atoms with van der Waals surface area (Å²) < 4.78 is 0. The molecule has 0 aromatic heterocycles. The summed E-state index contributed by atoms with van der Waals surface area (Å²) in [6.07, 6.45) is 1.54. The van der Waals surface area contributed by atoms with E-state index in [0.717, 1.165) is 12.8 Å². The first-order chi connectivity index (χ1) is 9.06. The number of primary amides is 1. The molecule has 1 fully saturated rings. The molecule has 1 saturated heterocycles. The van der Waals surface area contributed by atoms with Crippen molar-refractivity contribution >= 4 is 29.2 Å². The Labute approximate surface area is 116 Å². The van der Waals surface area contributed by atoms with Crippen molar-refractivity contribution in [2.45, 2.75) is 12.8 Å². The number of carbonyl (C=O) groups is 2. The molecule has 0 unspecified atom stereocenters. The molecular formula is C13H16ClN3O2. The lowest BCUT2D eigenvalue weighted by molar-refractivity contribution is -0.123. The largest absolute Gasteiger partial charge is 0.369 e. The van der Waals surface area contributed by atoms with Crippen molar-refractivity contribution in [1.82, 2.24) is 4.90 Å². The summed E-state index contributed by atoms with van der Waals surface area (Å²) in [7, 11) is 0. The van der Waals surface area contributed by atoms with Gasteiger partial charge in [-0.2, -0.15) is 0 Å². The van der Waals surface area contributed by atoms with Crippen molar-refractivity contribution in [2.75, 3.05) is 18.4 Å². The van der Waals surface area contributed by atoms with Crippen molar-refractivity contribution in [2.24, 2.45) is 11.7 Å². The number of urea groups is 1. The minimum absolute atomic E-state index is 0.215. The third-order valence-corrected chi connectivity index (χ3v) is 3.46. The number of piperidine rings is 1. The Balaban J connectivity index is 1.96. The number of hydrogen-bond acceptors (Lipinski definition) is 2. The van der Waals surface area contributed by atoms with Gasteiger partial charge in [0, 0.05) is 23.8 Å². The van der Waals surface area contributed by atoms with Gasteiger partial charge < -0.3 is 16.0 Å². The monoisotopic (exact) mass is 281 g/mol. The van der Waals surface area contributed by atoms with Crippen LogP contribution in [0, 0.1) is 5.92 Å². The summed E-state index contributed by atoms with van der Waals surface area (Å²) in [5, 5.41) is 3.39. The van der Waals surface area contributed by atoms with Gasteiger partial charge in [-0.3, -0.25) is 4.79 Å². The Morgan fingerprint density at radius 2 is 2.00 bits per heavy atom. The topological polar surface area (TPSA) is 75.4 Å². The number of amides is 3. The molecule has 1 heterocycles. The summed E-state index contributed by atoms with van der Waals surface area (Å²) in [5.41, 5.74) is 5.96. The smallest absolute Gasteiger partial charge is 0.321 e. The molecule has 0 aliphatic carbocycles. The second-order valence-corrected chi connectivity index (χ2v) is 5.06. The lowest BCUT2D eigenvalue weighted by Gasteiger charge is -2.31. The summed E-state index contributed by atoms with van der Waals surface area (Å²) in [6.45, 7) is 1.03. The molecule has 3 amide bonds. The van der Waals surface area contributed by atoms with Crippen LogP contribution in [0.25, 0.3) is 0 Å². The number of rotatable bonds is 2. The molecule has 1 aliphatic rings. The lowest BCUT2D eigenvalue weighted by atomic mass is 9.98. The zero-order valence-electron chi connectivity index (χ0n) is 10.4. The molecule has 19 heavy (non-hydrogen) atoms. The van der Waals surface area contributed by atoms with Crippen LogP contribution < -0.4 is 11.1 Å². The van der Waals surface area contributed by atoms with Crippen LogP contribution in [0.2, 0.25) is 5.02 Å². The van der Waals surface area contributed by atoms with E-state index in [1.165, 1.54) is 0 Å². The third-order valence-electron chi connectivity index (χ3n) is 3.21. The Morgan fingerprint density at radius 3 is 2.63 bits per heavy atom. The molecule has 1 aromatic carbocycles. The van der Waals surface area contributed by atoms with Crippen LogP contribution in [0.3, 0.4) is 0 Å². The Kier molecular flexibility index (Phi) is 4.27. The Morgan fingerprint density at radius 1 is 1.32 bits per heavy atom. The van der Waals surface area contributed by atoms with Crippen molar-refractivity contribution < 1.29 is 9.59 Å². The molecule has 0 saturated carbocycles. The fourth-order valence-corrected chi connectivity index (χ4v) is 2.26. The van der Waals surface area contributed by atoms with Gasteiger partial charge in [-0.25, -0.2) is 4.79 Å². The van der Waals surface area contributed by atoms with E-state index in [4.69, 9.17) is 17.3 Å². The molecular weight excluding hydrogens is 266 g/mol. The molecule has 2 rings (SSSR count). The van der Waals surface area contributed by atoms with E-state index in [2.05, 4.69) is 5.32 Å². The highest BCUT2D eigenvalue weighted by molar-refractivity contribution is 6.30. The first kappa shape index (κ1) is 13.7. The molecule has 0 bridgehead atoms. The van der Waals surface area contributed by atoms with E-state index >= 15 is 0 Å². The summed E-state index contributed by atoms with van der Waals surface area (Å²) in [5.74, 6) is -0.589. The van der Waals surface area contributed by atoms with Crippen LogP contribution in [-0.4, -0.2) is 29.9 Å². The number of hydrogen-bond donors (Lipinski definition) is 2. The van der Waals surface area contributed by atoms with Gasteiger partial charge in [0.1, 0.15) is 0 Å². The van der Waals surface area contributed by atoms with Gasteiger partial charge in [-0.15, -0.1) is 0 Å². The van der Waals surface area contributed by atoms with Crippen LogP contribution in [0.15, 0.2) is 24.3 Å². The van der Waals surface area contributed by atoms with Crippen LogP contribution in [-0.2, 0) is 4.79 Å². The van der Waals surface area contributed by atoms with Crippen LogP contribution in [0.5, 0.6) is 0 Å². The van der Waals surface area contributed by atoms with Gasteiger partial charge >= 0.3 is 6.03 Å². The Bertz CT molecular complexity index is 475. The third kappa shape index (κ3) is 3.61. The minimum Gasteiger partial charge on any atom is -0.369 e. The van der Waals surface area contributed by atoms with Crippen molar-refractivity contribution in [1.29, 1.82) is 0 Å². The maximum absolute atomic E-state index is 12.1. The van der Waals surface area contributed by atoms with E-state index in [0.29, 0.717) is 23.8 Å². The number of nitrogens with one attached hydrogen (secondary N) is 1. The quantitative estimate of drug-likeness (QED) is 0.871. The van der Waals surface area contributed by atoms with Crippen LogP contribution in [0.4, 0.5) is 10.5 Å². The highest BCUT2D eigenvalue weighted by atomic mass is 35.5. The number of carbonyl (C=O) groups excluding carboxylic acids is 2. The predicted molar refractivity (Wildman–Crippen MR) is 74.0 cm³/mol. The molecule has 6 heteroatoms. The SMILES string of the molecule is NC(=O)[C@@H]1CCCN(C(=O)Nc2ccc(Cl)cc2)C1. The van der Waals surface area contributed by atoms with Crippen molar-refractivity contribution in [3.8, 4) is 0 Å². The number of anilines is 1.